The van der Waals surface area contributed by atoms with Crippen LogP contribution in [0.4, 0.5) is 0 Å². The number of rotatable bonds is 8. The lowest BCUT2D eigenvalue weighted by Crippen LogP contribution is -2.16. The predicted molar refractivity (Wildman–Crippen MR) is 132 cm³/mol. The molecule has 8 heteroatoms. The first kappa shape index (κ1) is 25.2. The average Bonchev–Trinajstić information content (AvgIpc) is 2.84. The number of benzene rings is 2. The van der Waals surface area contributed by atoms with Gasteiger partial charge in [0.05, 0.1) is 54.9 Å². The van der Waals surface area contributed by atoms with Gasteiger partial charge in [-0.2, -0.15) is 0 Å². The molecule has 7 nitrogen and oxygen atoms in total. The van der Waals surface area contributed by atoms with Crippen molar-refractivity contribution in [3.05, 3.63) is 75.0 Å². The molecule has 1 heterocycles. The third-order valence-corrected chi connectivity index (χ3v) is 5.93. The Balaban J connectivity index is 2.11. The van der Waals surface area contributed by atoms with Gasteiger partial charge >= 0.3 is 11.9 Å². The summed E-state index contributed by atoms with van der Waals surface area (Å²) >= 11 is 3.56. The summed E-state index contributed by atoms with van der Waals surface area (Å²) in [6, 6.07) is 13.5. The number of methoxy groups -OCH3 is 3. The highest BCUT2D eigenvalue weighted by molar-refractivity contribution is 9.10. The molecule has 3 aromatic rings. The van der Waals surface area contributed by atoms with E-state index >= 15 is 0 Å². The van der Waals surface area contributed by atoms with Crippen molar-refractivity contribution in [2.24, 2.45) is 0 Å². The molecule has 0 aliphatic heterocycles. The molecule has 1 aromatic heterocycles. The van der Waals surface area contributed by atoms with Gasteiger partial charge in [0.25, 0.3) is 0 Å². The molecule has 0 aliphatic carbocycles. The number of nitrogens with zero attached hydrogens (tertiary/aromatic N) is 1. The summed E-state index contributed by atoms with van der Waals surface area (Å²) in [7, 11) is 4.09. The van der Waals surface area contributed by atoms with Crippen molar-refractivity contribution in [1.82, 2.24) is 4.98 Å². The number of ether oxygens (including phenoxy) is 4. The molecule has 0 amide bonds. The van der Waals surface area contributed by atoms with E-state index in [1.54, 1.807) is 26.0 Å². The van der Waals surface area contributed by atoms with Crippen LogP contribution in [0.2, 0.25) is 0 Å². The number of pyridine rings is 1. The van der Waals surface area contributed by atoms with Gasteiger partial charge in [0.15, 0.2) is 11.5 Å². The van der Waals surface area contributed by atoms with Crippen molar-refractivity contribution in [1.29, 1.82) is 0 Å². The van der Waals surface area contributed by atoms with Crippen LogP contribution in [-0.4, -0.2) is 44.9 Å². The van der Waals surface area contributed by atoms with E-state index in [1.165, 1.54) is 21.3 Å². The molecule has 0 saturated carbocycles. The quantitative estimate of drug-likeness (QED) is 0.366. The molecule has 2 aromatic carbocycles. The van der Waals surface area contributed by atoms with E-state index in [2.05, 4.69) is 20.9 Å². The third kappa shape index (κ3) is 5.22. The topological polar surface area (TPSA) is 84.0 Å². The zero-order valence-corrected chi connectivity index (χ0v) is 21.3. The summed E-state index contributed by atoms with van der Waals surface area (Å²) in [5, 5.41) is 0. The Bertz CT molecular complexity index is 1170. The van der Waals surface area contributed by atoms with Gasteiger partial charge in [0.1, 0.15) is 0 Å². The van der Waals surface area contributed by atoms with E-state index in [0.717, 1.165) is 12.0 Å². The van der Waals surface area contributed by atoms with Crippen LogP contribution >= 0.6 is 15.9 Å². The Morgan fingerprint density at radius 3 is 2.03 bits per heavy atom. The van der Waals surface area contributed by atoms with E-state index in [1.807, 2.05) is 30.3 Å². The van der Waals surface area contributed by atoms with Crippen molar-refractivity contribution in [3.63, 3.8) is 0 Å². The minimum Gasteiger partial charge on any atom is -0.493 e. The van der Waals surface area contributed by atoms with E-state index in [-0.39, 0.29) is 11.1 Å². The second kappa shape index (κ2) is 11.2. The van der Waals surface area contributed by atoms with Crippen LogP contribution in [0.15, 0.2) is 46.9 Å². The van der Waals surface area contributed by atoms with Gasteiger partial charge in [-0.05, 0) is 53.0 Å². The Kier molecular flexibility index (Phi) is 8.28. The van der Waals surface area contributed by atoms with Gasteiger partial charge in [-0.3, -0.25) is 4.98 Å². The van der Waals surface area contributed by atoms with Crippen LogP contribution in [-0.2, 0) is 15.9 Å². The lowest BCUT2D eigenvalue weighted by atomic mass is 9.92. The van der Waals surface area contributed by atoms with Crippen LogP contribution in [0.5, 0.6) is 11.5 Å². The average molecular weight is 528 g/mol. The minimum absolute atomic E-state index is 0.181. The molecule has 0 radical (unpaired) electrons. The summed E-state index contributed by atoms with van der Waals surface area (Å²) < 4.78 is 22.2. The van der Waals surface area contributed by atoms with Crippen molar-refractivity contribution in [3.8, 4) is 22.6 Å². The molecule has 178 valence electrons. The van der Waals surface area contributed by atoms with E-state index < -0.39 is 11.9 Å². The molecular formula is C26H26BrNO6. The molecule has 0 saturated heterocycles. The summed E-state index contributed by atoms with van der Waals surface area (Å²) in [5.41, 5.74) is 3.30. The number of esters is 2. The zero-order chi connectivity index (χ0) is 24.8. The van der Waals surface area contributed by atoms with Crippen molar-refractivity contribution in [2.45, 2.75) is 20.3 Å². The molecule has 0 fully saturated rings. The maximum atomic E-state index is 12.7. The number of aryl methyl sites for hydroxylation is 2. The van der Waals surface area contributed by atoms with Crippen LogP contribution in [0, 0.1) is 13.8 Å². The fourth-order valence-corrected chi connectivity index (χ4v) is 4.32. The van der Waals surface area contributed by atoms with E-state index in [9.17, 15) is 9.59 Å². The summed E-state index contributed by atoms with van der Waals surface area (Å²) in [4.78, 5) is 29.8. The second-order valence-electron chi connectivity index (χ2n) is 7.46. The van der Waals surface area contributed by atoms with Crippen molar-refractivity contribution in [2.75, 3.05) is 27.9 Å². The van der Waals surface area contributed by atoms with Crippen LogP contribution in [0.3, 0.4) is 0 Å². The van der Waals surface area contributed by atoms with Crippen LogP contribution < -0.4 is 9.47 Å². The Morgan fingerprint density at radius 1 is 0.912 bits per heavy atom. The Morgan fingerprint density at radius 2 is 1.50 bits per heavy atom. The molecule has 0 N–H and O–H groups in total. The normalized spacial score (nSPS) is 10.5. The standard InChI is InChI=1S/C26H26BrNO6/c1-15-21(25(29)32-4)23(22(16(2)28-15)26(30)33-5)18-13-19(27)24(20(14-18)31-3)34-12-11-17-9-7-6-8-10-17/h6-10,13-14H,11-12H2,1-5H3. The second-order valence-corrected chi connectivity index (χ2v) is 8.32. The predicted octanol–water partition coefficient (Wildman–Crippen LogP) is 5.33. The van der Waals surface area contributed by atoms with Crippen LogP contribution in [0.1, 0.15) is 37.7 Å². The fourth-order valence-electron chi connectivity index (χ4n) is 3.76. The number of hydrogen-bond donors (Lipinski definition) is 0. The highest BCUT2D eigenvalue weighted by Gasteiger charge is 2.28. The number of aromatic nitrogens is 1. The lowest BCUT2D eigenvalue weighted by molar-refractivity contribution is 0.0599. The Labute approximate surface area is 207 Å². The zero-order valence-electron chi connectivity index (χ0n) is 19.7. The SMILES string of the molecule is COC(=O)c1c(C)nc(C)c(C(=O)OC)c1-c1cc(Br)c(OCCc2ccccc2)c(OC)c1. The van der Waals surface area contributed by atoms with Gasteiger partial charge in [0.2, 0.25) is 0 Å². The number of carbonyl (C=O) groups is 2. The molecule has 0 unspecified atom stereocenters. The first-order valence-corrected chi connectivity index (χ1v) is 11.3. The number of halogens is 1. The molecule has 0 spiro atoms. The van der Waals surface area contributed by atoms with E-state index in [0.29, 0.717) is 45.1 Å². The number of carbonyl (C=O) groups excluding carboxylic acids is 2. The van der Waals surface area contributed by atoms with Crippen molar-refractivity contribution >= 4 is 27.9 Å². The van der Waals surface area contributed by atoms with Gasteiger partial charge in [-0.15, -0.1) is 0 Å². The van der Waals surface area contributed by atoms with Crippen LogP contribution in [0.25, 0.3) is 11.1 Å². The maximum absolute atomic E-state index is 12.7. The Hall–Kier alpha value is -3.39. The molecular weight excluding hydrogens is 502 g/mol. The highest BCUT2D eigenvalue weighted by atomic mass is 79.9. The smallest absolute Gasteiger partial charge is 0.340 e. The number of hydrogen-bond acceptors (Lipinski definition) is 7. The van der Waals surface area contributed by atoms with Gasteiger partial charge in [-0.25, -0.2) is 9.59 Å². The molecule has 0 aliphatic rings. The maximum Gasteiger partial charge on any atom is 0.340 e. The highest BCUT2D eigenvalue weighted by Crippen LogP contribution is 2.42. The lowest BCUT2D eigenvalue weighted by Gasteiger charge is -2.19. The monoisotopic (exact) mass is 527 g/mol. The molecule has 0 atom stereocenters. The fraction of sp³-hybridized carbons (Fsp3) is 0.269. The largest absolute Gasteiger partial charge is 0.493 e. The summed E-state index contributed by atoms with van der Waals surface area (Å²) in [6.07, 6.45) is 0.722. The van der Waals surface area contributed by atoms with E-state index in [4.69, 9.17) is 18.9 Å². The van der Waals surface area contributed by atoms with Gasteiger partial charge in [-0.1, -0.05) is 30.3 Å². The first-order valence-electron chi connectivity index (χ1n) is 10.5. The minimum atomic E-state index is -0.608. The molecule has 0 bridgehead atoms. The van der Waals surface area contributed by atoms with Gasteiger partial charge < -0.3 is 18.9 Å². The summed E-state index contributed by atoms with van der Waals surface area (Å²) in [5.74, 6) is -0.257. The first-order chi connectivity index (χ1) is 16.3. The van der Waals surface area contributed by atoms with Crippen molar-refractivity contribution < 1.29 is 28.5 Å². The molecule has 34 heavy (non-hydrogen) atoms. The third-order valence-electron chi connectivity index (χ3n) is 5.34. The summed E-state index contributed by atoms with van der Waals surface area (Å²) in [6.45, 7) is 3.82. The molecule has 3 rings (SSSR count). The van der Waals surface area contributed by atoms with Gasteiger partial charge in [0, 0.05) is 12.0 Å².